The first kappa shape index (κ1) is 50.0. The average Bonchev–Trinajstić information content (AvgIpc) is 3.78. The predicted molar refractivity (Wildman–Crippen MR) is 348 cm³/mol. The molecule has 0 unspecified atom stereocenters. The Balaban J connectivity index is 0.841. The third-order valence-electron chi connectivity index (χ3n) is 16.8. The fourth-order valence-corrected chi connectivity index (χ4v) is 12.7. The quantitative estimate of drug-likeness (QED) is 0.120. The molecular formula is C80H60N2. The number of para-hydroxylation sites is 2. The first-order valence-corrected chi connectivity index (χ1v) is 28.5. The Morgan fingerprint density at radius 1 is 0.244 bits per heavy atom. The van der Waals surface area contributed by atoms with E-state index in [0.29, 0.717) is 0 Å². The summed E-state index contributed by atoms with van der Waals surface area (Å²) in [6, 6.07) is 113. The predicted octanol–water partition coefficient (Wildman–Crippen LogP) is 22.4. The topological polar surface area (TPSA) is 6.48 Å². The molecule has 0 radical (unpaired) electrons. The molecule has 1 aliphatic rings. The Labute approximate surface area is 482 Å². The molecule has 13 aromatic carbocycles. The zero-order valence-corrected chi connectivity index (χ0v) is 46.3. The summed E-state index contributed by atoms with van der Waals surface area (Å²) in [6.45, 7) is 6.97. The van der Waals surface area contributed by atoms with Crippen LogP contribution in [0.25, 0.3) is 88.7 Å². The number of anilines is 6. The van der Waals surface area contributed by atoms with Crippen LogP contribution < -0.4 is 9.80 Å². The summed E-state index contributed by atoms with van der Waals surface area (Å²) in [5, 5.41) is 2.50. The number of hydrogen-bond acceptors (Lipinski definition) is 2. The standard InChI is InChI=1S/C80H60N2/c1-55-22-20-37-77-79(55)72-51-50-67(52-78(72)80(77,2)3)82(63-31-14-7-15-32-63)66-48-42-61(43-49-66)76-54-73(57-23-8-4-9-24-57)75(53-74(76)58-25-10-5-11-26-58)60-40-46-65(47-41-60)81(62-29-12-6-13-30-62)64-44-38-59(39-45-64)69-34-18-19-35-70(69)71-36-21-28-56-27-16-17-33-68(56)71/h4-54H,1-3H3. The van der Waals surface area contributed by atoms with Gasteiger partial charge in [-0.2, -0.15) is 0 Å². The van der Waals surface area contributed by atoms with Crippen LogP contribution in [0, 0.1) is 6.92 Å². The summed E-state index contributed by atoms with van der Waals surface area (Å²) >= 11 is 0. The highest BCUT2D eigenvalue weighted by Gasteiger charge is 2.37. The van der Waals surface area contributed by atoms with Crippen LogP contribution in [0.2, 0.25) is 0 Å². The molecule has 14 rings (SSSR count). The molecule has 0 spiro atoms. The van der Waals surface area contributed by atoms with E-state index in [9.17, 15) is 0 Å². The summed E-state index contributed by atoms with van der Waals surface area (Å²) in [6.07, 6.45) is 0. The number of nitrogens with zero attached hydrogens (tertiary/aromatic N) is 2. The van der Waals surface area contributed by atoms with Gasteiger partial charge in [0.25, 0.3) is 0 Å². The van der Waals surface area contributed by atoms with Gasteiger partial charge >= 0.3 is 0 Å². The minimum absolute atomic E-state index is 0.123. The number of fused-ring (bicyclic) bond motifs is 4. The fourth-order valence-electron chi connectivity index (χ4n) is 12.7. The van der Waals surface area contributed by atoms with Crippen LogP contribution in [-0.4, -0.2) is 0 Å². The number of aryl methyl sites for hydroxylation is 1. The van der Waals surface area contributed by atoms with Crippen molar-refractivity contribution < 1.29 is 0 Å². The van der Waals surface area contributed by atoms with Gasteiger partial charge in [-0.05, 0) is 197 Å². The summed E-state index contributed by atoms with van der Waals surface area (Å²) in [5.74, 6) is 0. The summed E-state index contributed by atoms with van der Waals surface area (Å²) in [5.41, 5.74) is 27.4. The van der Waals surface area contributed by atoms with Crippen LogP contribution in [-0.2, 0) is 5.41 Å². The zero-order valence-electron chi connectivity index (χ0n) is 46.3. The monoisotopic (exact) mass is 1050 g/mol. The molecule has 0 aliphatic heterocycles. The van der Waals surface area contributed by atoms with Gasteiger partial charge in [-0.3, -0.25) is 0 Å². The smallest absolute Gasteiger partial charge is 0.0465 e. The maximum atomic E-state index is 2.42. The highest BCUT2D eigenvalue weighted by Crippen LogP contribution is 2.52. The van der Waals surface area contributed by atoms with Crippen molar-refractivity contribution in [1.82, 2.24) is 0 Å². The Bertz CT molecular complexity index is 4430. The second kappa shape index (κ2) is 21.1. The van der Waals surface area contributed by atoms with E-state index in [2.05, 4.69) is 340 Å². The van der Waals surface area contributed by atoms with Crippen molar-refractivity contribution in [3.05, 3.63) is 326 Å². The van der Waals surface area contributed by atoms with Gasteiger partial charge in [-0.25, -0.2) is 0 Å². The minimum Gasteiger partial charge on any atom is -0.311 e. The van der Waals surface area contributed by atoms with Gasteiger partial charge < -0.3 is 9.80 Å². The Kier molecular flexibility index (Phi) is 12.8. The molecule has 13 aromatic rings. The summed E-state index contributed by atoms with van der Waals surface area (Å²) < 4.78 is 0. The molecule has 390 valence electrons. The first-order valence-electron chi connectivity index (χ1n) is 28.5. The van der Waals surface area contributed by atoms with Crippen LogP contribution in [0.1, 0.15) is 30.5 Å². The minimum atomic E-state index is -0.123. The summed E-state index contributed by atoms with van der Waals surface area (Å²) in [7, 11) is 0. The maximum absolute atomic E-state index is 2.42. The normalized spacial score (nSPS) is 12.2. The van der Waals surface area contributed by atoms with Crippen LogP contribution in [0.15, 0.2) is 309 Å². The molecule has 0 heterocycles. The SMILES string of the molecule is Cc1cccc2c1-c1ccc(N(c3ccccc3)c3ccc(-c4cc(-c5ccccc5)c(-c5ccc(N(c6ccccc6)c6ccc(-c7ccccc7-c7cccc8ccccc78)cc6)cc5)cc4-c4ccccc4)cc3)cc1C2(C)C. The molecule has 0 saturated carbocycles. The van der Waals surface area contributed by atoms with Gasteiger partial charge in [-0.15, -0.1) is 0 Å². The Morgan fingerprint density at radius 3 is 1.16 bits per heavy atom. The molecule has 0 aromatic heterocycles. The number of hydrogen-bond donors (Lipinski definition) is 0. The zero-order chi connectivity index (χ0) is 55.2. The molecule has 1 aliphatic carbocycles. The fraction of sp³-hybridized carbons (Fsp3) is 0.0500. The molecule has 82 heavy (non-hydrogen) atoms. The maximum Gasteiger partial charge on any atom is 0.0465 e. The van der Waals surface area contributed by atoms with E-state index in [4.69, 9.17) is 0 Å². The third-order valence-corrected chi connectivity index (χ3v) is 16.8. The van der Waals surface area contributed by atoms with Crippen LogP contribution in [0.3, 0.4) is 0 Å². The summed E-state index contributed by atoms with van der Waals surface area (Å²) in [4.78, 5) is 4.76. The molecule has 2 heteroatoms. The Morgan fingerprint density at radius 2 is 0.622 bits per heavy atom. The Hall–Kier alpha value is -10.3. The van der Waals surface area contributed by atoms with Crippen molar-refractivity contribution in [1.29, 1.82) is 0 Å². The van der Waals surface area contributed by atoms with Crippen LogP contribution in [0.4, 0.5) is 34.1 Å². The average molecular weight is 1050 g/mol. The van der Waals surface area contributed by atoms with Gasteiger partial charge in [0.05, 0.1) is 0 Å². The van der Waals surface area contributed by atoms with E-state index >= 15 is 0 Å². The van der Waals surface area contributed by atoms with Crippen molar-refractivity contribution in [2.45, 2.75) is 26.2 Å². The lowest BCUT2D eigenvalue weighted by Crippen LogP contribution is -2.16. The molecule has 0 amide bonds. The molecule has 0 saturated heterocycles. The second-order valence-electron chi connectivity index (χ2n) is 22.1. The highest BCUT2D eigenvalue weighted by atomic mass is 15.1. The van der Waals surface area contributed by atoms with E-state index in [1.807, 2.05) is 0 Å². The molecular weight excluding hydrogens is 989 g/mol. The lowest BCUT2D eigenvalue weighted by Gasteiger charge is -2.28. The number of rotatable bonds is 12. The molecule has 0 atom stereocenters. The van der Waals surface area contributed by atoms with E-state index < -0.39 is 0 Å². The van der Waals surface area contributed by atoms with Crippen LogP contribution in [0.5, 0.6) is 0 Å². The van der Waals surface area contributed by atoms with Crippen LogP contribution >= 0.6 is 0 Å². The first-order chi connectivity index (χ1) is 40.4. The van der Waals surface area contributed by atoms with Gasteiger partial charge in [0.2, 0.25) is 0 Å². The highest BCUT2D eigenvalue weighted by molar-refractivity contribution is 6.01. The molecule has 0 bridgehead atoms. The molecule has 2 nitrogen and oxygen atoms in total. The molecule has 0 N–H and O–H groups in total. The lowest BCUT2D eigenvalue weighted by molar-refractivity contribution is 0.660. The lowest BCUT2D eigenvalue weighted by atomic mass is 9.82. The van der Waals surface area contributed by atoms with Gasteiger partial charge in [-0.1, -0.05) is 238 Å². The van der Waals surface area contributed by atoms with Gasteiger partial charge in [0, 0.05) is 39.5 Å². The largest absolute Gasteiger partial charge is 0.311 e. The van der Waals surface area contributed by atoms with E-state index in [-0.39, 0.29) is 5.41 Å². The van der Waals surface area contributed by atoms with Crippen molar-refractivity contribution in [2.75, 3.05) is 9.80 Å². The van der Waals surface area contributed by atoms with E-state index in [1.54, 1.807) is 0 Å². The van der Waals surface area contributed by atoms with Gasteiger partial charge in [0.15, 0.2) is 0 Å². The second-order valence-corrected chi connectivity index (χ2v) is 22.1. The van der Waals surface area contributed by atoms with Gasteiger partial charge in [0.1, 0.15) is 0 Å². The molecule has 0 fully saturated rings. The van der Waals surface area contributed by atoms with Crippen molar-refractivity contribution >= 4 is 44.9 Å². The van der Waals surface area contributed by atoms with Crippen molar-refractivity contribution in [3.8, 4) is 77.9 Å². The number of benzene rings is 13. The van der Waals surface area contributed by atoms with Crippen molar-refractivity contribution in [3.63, 3.8) is 0 Å². The van der Waals surface area contributed by atoms with E-state index in [1.165, 1.54) is 94.2 Å². The van der Waals surface area contributed by atoms with E-state index in [0.717, 1.165) is 45.3 Å². The van der Waals surface area contributed by atoms with Crippen molar-refractivity contribution in [2.24, 2.45) is 0 Å². The third kappa shape index (κ3) is 9.05.